The lowest BCUT2D eigenvalue weighted by atomic mass is 10.3. The first kappa shape index (κ1) is 8.96. The van der Waals surface area contributed by atoms with Crippen molar-refractivity contribution in [2.24, 2.45) is 0 Å². The zero-order chi connectivity index (χ0) is 11.1. The number of aromatic nitrogens is 3. The van der Waals surface area contributed by atoms with Crippen molar-refractivity contribution in [3.63, 3.8) is 0 Å². The van der Waals surface area contributed by atoms with Crippen LogP contribution in [0.3, 0.4) is 0 Å². The summed E-state index contributed by atoms with van der Waals surface area (Å²) in [5.74, 6) is 0.484. The molecule has 0 aliphatic heterocycles. The zero-order valence-electron chi connectivity index (χ0n) is 8.69. The van der Waals surface area contributed by atoms with E-state index in [1.54, 1.807) is 6.07 Å². The lowest BCUT2D eigenvalue weighted by molar-refractivity contribution is 0.616. The third kappa shape index (κ3) is 1.25. The second-order valence-electron chi connectivity index (χ2n) is 3.65. The van der Waals surface area contributed by atoms with Gasteiger partial charge in [-0.3, -0.25) is 5.10 Å². The fourth-order valence-corrected chi connectivity index (χ4v) is 1.61. The molecule has 0 aliphatic carbocycles. The summed E-state index contributed by atoms with van der Waals surface area (Å²) in [5.41, 5.74) is 9.42. The van der Waals surface area contributed by atoms with E-state index < -0.39 is 0 Å². The van der Waals surface area contributed by atoms with E-state index in [2.05, 4.69) is 15.2 Å². The molecular weight excluding hydrogens is 204 g/mol. The molecule has 0 bridgehead atoms. The smallest absolute Gasteiger partial charge is 0.248 e. The molecule has 3 rings (SSSR count). The van der Waals surface area contributed by atoms with E-state index in [0.29, 0.717) is 28.4 Å². The standard InChI is InChI=1S/C11H10N4O/c1-6-5-8(15-14-6)11-13-10-7(12)3-2-4-9(10)16-11/h2-5H,12H2,1H3,(H,14,15). The lowest BCUT2D eigenvalue weighted by Crippen LogP contribution is -1.85. The van der Waals surface area contributed by atoms with Crippen LogP contribution in [-0.4, -0.2) is 15.2 Å². The van der Waals surface area contributed by atoms with Crippen molar-refractivity contribution in [1.29, 1.82) is 0 Å². The summed E-state index contributed by atoms with van der Waals surface area (Å²) in [6.45, 7) is 1.92. The second-order valence-corrected chi connectivity index (χ2v) is 3.65. The highest BCUT2D eigenvalue weighted by Gasteiger charge is 2.11. The zero-order valence-corrected chi connectivity index (χ0v) is 8.69. The Morgan fingerprint density at radius 3 is 2.94 bits per heavy atom. The van der Waals surface area contributed by atoms with Crippen molar-refractivity contribution < 1.29 is 4.42 Å². The van der Waals surface area contributed by atoms with Crippen LogP contribution >= 0.6 is 0 Å². The Morgan fingerprint density at radius 1 is 1.38 bits per heavy atom. The first-order chi connectivity index (χ1) is 7.74. The van der Waals surface area contributed by atoms with E-state index in [4.69, 9.17) is 10.2 Å². The Morgan fingerprint density at radius 2 is 2.25 bits per heavy atom. The molecule has 0 spiro atoms. The number of anilines is 1. The van der Waals surface area contributed by atoms with Gasteiger partial charge in [-0.1, -0.05) is 6.07 Å². The van der Waals surface area contributed by atoms with E-state index in [9.17, 15) is 0 Å². The number of nitrogen functional groups attached to an aromatic ring is 1. The van der Waals surface area contributed by atoms with Crippen LogP contribution in [0.25, 0.3) is 22.7 Å². The number of rotatable bonds is 1. The molecule has 16 heavy (non-hydrogen) atoms. The Labute approximate surface area is 91.3 Å². The Bertz CT molecular complexity index is 653. The number of aryl methyl sites for hydroxylation is 1. The summed E-state index contributed by atoms with van der Waals surface area (Å²) in [7, 11) is 0. The van der Waals surface area contributed by atoms with Crippen LogP contribution in [-0.2, 0) is 0 Å². The highest BCUT2D eigenvalue weighted by atomic mass is 16.3. The Kier molecular flexibility index (Phi) is 1.73. The molecule has 0 saturated heterocycles. The molecule has 0 saturated carbocycles. The highest BCUT2D eigenvalue weighted by molar-refractivity contribution is 5.86. The van der Waals surface area contributed by atoms with Gasteiger partial charge in [-0.15, -0.1) is 0 Å². The van der Waals surface area contributed by atoms with Gasteiger partial charge < -0.3 is 10.2 Å². The summed E-state index contributed by atoms with van der Waals surface area (Å²) in [6.07, 6.45) is 0. The monoisotopic (exact) mass is 214 g/mol. The number of fused-ring (bicyclic) bond motifs is 1. The summed E-state index contributed by atoms with van der Waals surface area (Å²) in [5, 5.41) is 6.93. The largest absolute Gasteiger partial charge is 0.435 e. The molecule has 3 N–H and O–H groups in total. The maximum Gasteiger partial charge on any atom is 0.248 e. The third-order valence-corrected chi connectivity index (χ3v) is 2.38. The molecule has 1 aromatic carbocycles. The Hall–Kier alpha value is -2.30. The molecular formula is C11H10N4O. The van der Waals surface area contributed by atoms with Gasteiger partial charge >= 0.3 is 0 Å². The van der Waals surface area contributed by atoms with Gasteiger partial charge in [0, 0.05) is 5.69 Å². The van der Waals surface area contributed by atoms with Gasteiger partial charge in [-0.2, -0.15) is 5.10 Å². The summed E-state index contributed by atoms with van der Waals surface area (Å²) < 4.78 is 5.57. The average molecular weight is 214 g/mol. The number of nitrogens with zero attached hydrogens (tertiary/aromatic N) is 2. The van der Waals surface area contributed by atoms with Crippen molar-refractivity contribution in [2.75, 3.05) is 5.73 Å². The van der Waals surface area contributed by atoms with E-state index in [0.717, 1.165) is 5.69 Å². The third-order valence-electron chi connectivity index (χ3n) is 2.38. The average Bonchev–Trinajstić information content (AvgIpc) is 2.84. The molecule has 2 heterocycles. The van der Waals surface area contributed by atoms with Crippen molar-refractivity contribution >= 4 is 16.8 Å². The van der Waals surface area contributed by atoms with Crippen molar-refractivity contribution in [2.45, 2.75) is 6.92 Å². The van der Waals surface area contributed by atoms with E-state index in [1.807, 2.05) is 25.1 Å². The number of hydrogen-bond acceptors (Lipinski definition) is 4. The number of oxazole rings is 1. The normalized spacial score (nSPS) is 11.1. The molecule has 0 atom stereocenters. The first-order valence-corrected chi connectivity index (χ1v) is 4.91. The van der Waals surface area contributed by atoms with Crippen LogP contribution in [0.1, 0.15) is 5.69 Å². The molecule has 0 radical (unpaired) electrons. The van der Waals surface area contributed by atoms with E-state index in [1.165, 1.54) is 0 Å². The minimum absolute atomic E-state index is 0.484. The molecule has 0 amide bonds. The van der Waals surface area contributed by atoms with Gasteiger partial charge in [0.25, 0.3) is 0 Å². The van der Waals surface area contributed by atoms with Gasteiger partial charge in [0.2, 0.25) is 5.89 Å². The number of benzene rings is 1. The minimum atomic E-state index is 0.484. The molecule has 80 valence electrons. The van der Waals surface area contributed by atoms with Gasteiger partial charge in [-0.25, -0.2) is 4.98 Å². The van der Waals surface area contributed by atoms with Gasteiger partial charge in [0.05, 0.1) is 5.69 Å². The number of H-pyrrole nitrogens is 1. The van der Waals surface area contributed by atoms with Gasteiger partial charge in [-0.05, 0) is 25.1 Å². The maximum absolute atomic E-state index is 5.80. The van der Waals surface area contributed by atoms with Crippen LogP contribution in [0, 0.1) is 6.92 Å². The molecule has 0 fully saturated rings. The number of aromatic amines is 1. The van der Waals surface area contributed by atoms with Gasteiger partial charge in [0.15, 0.2) is 5.58 Å². The van der Waals surface area contributed by atoms with Crippen molar-refractivity contribution in [1.82, 2.24) is 15.2 Å². The van der Waals surface area contributed by atoms with Crippen LogP contribution in [0.2, 0.25) is 0 Å². The summed E-state index contributed by atoms with van der Waals surface area (Å²) >= 11 is 0. The van der Waals surface area contributed by atoms with Crippen molar-refractivity contribution in [3.05, 3.63) is 30.0 Å². The van der Waals surface area contributed by atoms with Crippen LogP contribution in [0.15, 0.2) is 28.7 Å². The topological polar surface area (TPSA) is 80.7 Å². The van der Waals surface area contributed by atoms with Crippen LogP contribution in [0.5, 0.6) is 0 Å². The predicted octanol–water partition coefficient (Wildman–Crippen LogP) is 2.11. The number of para-hydroxylation sites is 1. The summed E-state index contributed by atoms with van der Waals surface area (Å²) in [6, 6.07) is 7.34. The predicted molar refractivity (Wildman–Crippen MR) is 60.7 cm³/mol. The molecule has 5 nitrogen and oxygen atoms in total. The fraction of sp³-hybridized carbons (Fsp3) is 0.0909. The molecule has 0 aliphatic rings. The quantitative estimate of drug-likeness (QED) is 0.608. The molecule has 5 heteroatoms. The molecule has 2 aromatic heterocycles. The van der Waals surface area contributed by atoms with Crippen LogP contribution in [0.4, 0.5) is 5.69 Å². The van der Waals surface area contributed by atoms with E-state index in [-0.39, 0.29) is 0 Å². The van der Waals surface area contributed by atoms with Crippen LogP contribution < -0.4 is 5.73 Å². The molecule has 0 unspecified atom stereocenters. The Balaban J connectivity index is 2.22. The molecule has 3 aromatic rings. The second kappa shape index (κ2) is 3.10. The fourth-order valence-electron chi connectivity index (χ4n) is 1.61. The lowest BCUT2D eigenvalue weighted by Gasteiger charge is -1.89. The number of nitrogens with one attached hydrogen (secondary N) is 1. The maximum atomic E-state index is 5.80. The van der Waals surface area contributed by atoms with Gasteiger partial charge in [0.1, 0.15) is 11.2 Å². The minimum Gasteiger partial charge on any atom is -0.435 e. The highest BCUT2D eigenvalue weighted by Crippen LogP contribution is 2.26. The summed E-state index contributed by atoms with van der Waals surface area (Å²) in [4.78, 5) is 4.32. The SMILES string of the molecule is Cc1cc(-c2nc3c(N)cccc3o2)n[nH]1. The van der Waals surface area contributed by atoms with E-state index >= 15 is 0 Å². The number of nitrogens with two attached hydrogens (primary N) is 1. The van der Waals surface area contributed by atoms with Crippen molar-refractivity contribution in [3.8, 4) is 11.6 Å². The number of hydrogen-bond donors (Lipinski definition) is 2. The first-order valence-electron chi connectivity index (χ1n) is 4.91.